The molecule has 0 spiro atoms. The molecule has 22 heavy (non-hydrogen) atoms. The zero-order chi connectivity index (χ0) is 15.3. The summed E-state index contributed by atoms with van der Waals surface area (Å²) in [5, 5.41) is 0. The van der Waals surface area contributed by atoms with Crippen molar-refractivity contribution in [1.82, 2.24) is 4.90 Å². The standard InChI is InChI=1S/C17H27N3O.HI/c1-17(2,3)15-6-4-14(5-7-15)8-9-19-16(18)20-10-12-21-13-11-20;/h4-7H,8-13H2,1-3H3,(H2,18,19);1H. The Bertz CT molecular complexity index is 474. The zero-order valence-electron chi connectivity index (χ0n) is 13.8. The lowest BCUT2D eigenvalue weighted by Crippen LogP contribution is -2.44. The molecule has 1 aliphatic rings. The first kappa shape index (κ1) is 19.2. The summed E-state index contributed by atoms with van der Waals surface area (Å²) in [6.07, 6.45) is 0.926. The van der Waals surface area contributed by atoms with Crippen LogP contribution in [0.4, 0.5) is 0 Å². The minimum atomic E-state index is 0. The van der Waals surface area contributed by atoms with Gasteiger partial charge in [0.15, 0.2) is 5.96 Å². The van der Waals surface area contributed by atoms with Crippen molar-refractivity contribution in [2.45, 2.75) is 32.6 Å². The van der Waals surface area contributed by atoms with Gasteiger partial charge in [-0.25, -0.2) is 0 Å². The molecule has 0 aromatic heterocycles. The normalized spacial score (nSPS) is 16.3. The third-order valence-corrected chi connectivity index (χ3v) is 3.83. The lowest BCUT2D eigenvalue weighted by atomic mass is 9.86. The van der Waals surface area contributed by atoms with E-state index in [1.54, 1.807) is 0 Å². The largest absolute Gasteiger partial charge is 0.378 e. The van der Waals surface area contributed by atoms with Crippen molar-refractivity contribution in [2.24, 2.45) is 10.7 Å². The van der Waals surface area contributed by atoms with Gasteiger partial charge in [0.1, 0.15) is 0 Å². The molecule has 0 amide bonds. The molecule has 1 aromatic carbocycles. The molecule has 5 heteroatoms. The summed E-state index contributed by atoms with van der Waals surface area (Å²) in [5.74, 6) is 0.643. The summed E-state index contributed by atoms with van der Waals surface area (Å²) in [5.41, 5.74) is 8.89. The number of ether oxygens (including phenoxy) is 1. The Morgan fingerprint density at radius 2 is 1.77 bits per heavy atom. The number of morpholine rings is 1. The Balaban J connectivity index is 0.00000242. The molecule has 0 aliphatic carbocycles. The minimum Gasteiger partial charge on any atom is -0.378 e. The fraction of sp³-hybridized carbons (Fsp3) is 0.588. The number of hydrogen-bond acceptors (Lipinski definition) is 2. The van der Waals surface area contributed by atoms with E-state index in [-0.39, 0.29) is 29.4 Å². The Hall–Kier alpha value is -0.820. The van der Waals surface area contributed by atoms with Gasteiger partial charge in [0.25, 0.3) is 0 Å². The van der Waals surface area contributed by atoms with Crippen molar-refractivity contribution in [3.63, 3.8) is 0 Å². The molecule has 0 unspecified atom stereocenters. The van der Waals surface area contributed by atoms with Gasteiger partial charge >= 0.3 is 0 Å². The second kappa shape index (κ2) is 8.72. The highest BCUT2D eigenvalue weighted by atomic mass is 127. The maximum atomic E-state index is 6.01. The fourth-order valence-electron chi connectivity index (χ4n) is 2.36. The van der Waals surface area contributed by atoms with Gasteiger partial charge in [-0.05, 0) is 23.0 Å². The number of benzene rings is 1. The maximum absolute atomic E-state index is 6.01. The first-order valence-corrected chi connectivity index (χ1v) is 7.69. The Labute approximate surface area is 151 Å². The van der Waals surface area contributed by atoms with Gasteiger partial charge in [0, 0.05) is 19.6 Å². The van der Waals surface area contributed by atoms with E-state index in [1.165, 1.54) is 11.1 Å². The quantitative estimate of drug-likeness (QED) is 0.468. The topological polar surface area (TPSA) is 50.8 Å². The first-order chi connectivity index (χ1) is 9.97. The molecule has 0 bridgehead atoms. The number of aliphatic imine (C=N–C) groups is 1. The SMILES string of the molecule is CC(C)(C)c1ccc(CCN=C(N)N2CCOCC2)cc1.I. The van der Waals surface area contributed by atoms with Gasteiger partial charge in [-0.2, -0.15) is 0 Å². The zero-order valence-corrected chi connectivity index (χ0v) is 16.2. The summed E-state index contributed by atoms with van der Waals surface area (Å²) < 4.78 is 5.31. The van der Waals surface area contributed by atoms with Crippen molar-refractivity contribution in [3.05, 3.63) is 35.4 Å². The molecule has 0 radical (unpaired) electrons. The van der Waals surface area contributed by atoms with Crippen LogP contribution in [0.1, 0.15) is 31.9 Å². The van der Waals surface area contributed by atoms with Crippen LogP contribution in [0.2, 0.25) is 0 Å². The summed E-state index contributed by atoms with van der Waals surface area (Å²) in [7, 11) is 0. The van der Waals surface area contributed by atoms with Crippen molar-refractivity contribution in [1.29, 1.82) is 0 Å². The first-order valence-electron chi connectivity index (χ1n) is 7.69. The Morgan fingerprint density at radius 3 is 2.32 bits per heavy atom. The van der Waals surface area contributed by atoms with Crippen LogP contribution >= 0.6 is 24.0 Å². The number of rotatable bonds is 3. The van der Waals surface area contributed by atoms with E-state index in [4.69, 9.17) is 10.5 Å². The summed E-state index contributed by atoms with van der Waals surface area (Å²) >= 11 is 0. The second-order valence-corrected chi connectivity index (χ2v) is 6.54. The second-order valence-electron chi connectivity index (χ2n) is 6.54. The van der Waals surface area contributed by atoms with E-state index < -0.39 is 0 Å². The highest BCUT2D eigenvalue weighted by molar-refractivity contribution is 14.0. The van der Waals surface area contributed by atoms with Crippen LogP contribution in [0.3, 0.4) is 0 Å². The highest BCUT2D eigenvalue weighted by Crippen LogP contribution is 2.22. The van der Waals surface area contributed by atoms with E-state index in [0.29, 0.717) is 5.96 Å². The summed E-state index contributed by atoms with van der Waals surface area (Å²) in [4.78, 5) is 6.57. The van der Waals surface area contributed by atoms with Crippen LogP contribution in [-0.4, -0.2) is 43.7 Å². The van der Waals surface area contributed by atoms with Gasteiger partial charge in [-0.1, -0.05) is 45.0 Å². The van der Waals surface area contributed by atoms with Crippen LogP contribution in [0.15, 0.2) is 29.3 Å². The average molecular weight is 417 g/mol. The molecule has 2 N–H and O–H groups in total. The molecule has 124 valence electrons. The van der Waals surface area contributed by atoms with Crippen molar-refractivity contribution >= 4 is 29.9 Å². The molecule has 1 heterocycles. The van der Waals surface area contributed by atoms with Gasteiger partial charge in [0.2, 0.25) is 0 Å². The molecule has 1 saturated heterocycles. The molecule has 2 rings (SSSR count). The van der Waals surface area contributed by atoms with Gasteiger partial charge in [-0.3, -0.25) is 4.99 Å². The molecule has 1 aromatic rings. The highest BCUT2D eigenvalue weighted by Gasteiger charge is 2.13. The van der Waals surface area contributed by atoms with Crippen LogP contribution in [0.5, 0.6) is 0 Å². The lowest BCUT2D eigenvalue weighted by Gasteiger charge is -2.27. The molecule has 0 saturated carbocycles. The van der Waals surface area contributed by atoms with Crippen LogP contribution in [0.25, 0.3) is 0 Å². The molecule has 0 atom stereocenters. The fourth-order valence-corrected chi connectivity index (χ4v) is 2.36. The molecule has 1 fully saturated rings. The number of halogens is 1. The van der Waals surface area contributed by atoms with E-state index in [0.717, 1.165) is 39.3 Å². The predicted octanol–water partition coefficient (Wildman–Crippen LogP) is 2.79. The van der Waals surface area contributed by atoms with Crippen molar-refractivity contribution in [3.8, 4) is 0 Å². The summed E-state index contributed by atoms with van der Waals surface area (Å²) in [6, 6.07) is 8.82. The number of hydrogen-bond donors (Lipinski definition) is 1. The van der Waals surface area contributed by atoms with Gasteiger partial charge in [-0.15, -0.1) is 24.0 Å². The van der Waals surface area contributed by atoms with E-state index in [1.807, 2.05) is 0 Å². The number of nitrogens with zero attached hydrogens (tertiary/aromatic N) is 2. The molecular weight excluding hydrogens is 389 g/mol. The van der Waals surface area contributed by atoms with E-state index >= 15 is 0 Å². The Morgan fingerprint density at radius 1 is 1.18 bits per heavy atom. The van der Waals surface area contributed by atoms with E-state index in [2.05, 4.69) is 54.9 Å². The van der Waals surface area contributed by atoms with E-state index in [9.17, 15) is 0 Å². The van der Waals surface area contributed by atoms with Gasteiger partial charge in [0.05, 0.1) is 13.2 Å². The van der Waals surface area contributed by atoms with Crippen LogP contribution in [-0.2, 0) is 16.6 Å². The van der Waals surface area contributed by atoms with Crippen LogP contribution in [0, 0.1) is 0 Å². The minimum absolute atomic E-state index is 0. The maximum Gasteiger partial charge on any atom is 0.191 e. The average Bonchev–Trinajstić information content (AvgIpc) is 2.47. The predicted molar refractivity (Wildman–Crippen MR) is 103 cm³/mol. The Kier molecular flexibility index (Phi) is 7.62. The lowest BCUT2D eigenvalue weighted by molar-refractivity contribution is 0.0674. The third-order valence-electron chi connectivity index (χ3n) is 3.83. The van der Waals surface area contributed by atoms with Gasteiger partial charge < -0.3 is 15.4 Å². The third kappa shape index (κ3) is 5.76. The monoisotopic (exact) mass is 417 g/mol. The van der Waals surface area contributed by atoms with Crippen molar-refractivity contribution < 1.29 is 4.74 Å². The van der Waals surface area contributed by atoms with Crippen LogP contribution < -0.4 is 5.73 Å². The number of guanidine groups is 1. The molecule has 4 nitrogen and oxygen atoms in total. The summed E-state index contributed by atoms with van der Waals surface area (Å²) in [6.45, 7) is 10.6. The smallest absolute Gasteiger partial charge is 0.191 e. The molecule has 1 aliphatic heterocycles. The van der Waals surface area contributed by atoms with Crippen molar-refractivity contribution in [2.75, 3.05) is 32.8 Å². The molecular formula is C17H28IN3O. The number of nitrogens with two attached hydrogens (primary N) is 1.